The van der Waals surface area contributed by atoms with E-state index in [0.717, 1.165) is 25.0 Å². The van der Waals surface area contributed by atoms with E-state index in [9.17, 15) is 9.59 Å². The van der Waals surface area contributed by atoms with Crippen LogP contribution in [0, 0.1) is 0 Å². The summed E-state index contributed by atoms with van der Waals surface area (Å²) in [6.45, 7) is 1.64. The Morgan fingerprint density at radius 1 is 1.25 bits per heavy atom. The molecule has 0 aliphatic carbocycles. The predicted octanol–water partition coefficient (Wildman–Crippen LogP) is 0.383. The van der Waals surface area contributed by atoms with Gasteiger partial charge in [0, 0.05) is 32.1 Å². The van der Waals surface area contributed by atoms with Crippen molar-refractivity contribution >= 4 is 11.8 Å². The fourth-order valence-corrected chi connectivity index (χ4v) is 2.01. The molecule has 2 heterocycles. The van der Waals surface area contributed by atoms with Crippen molar-refractivity contribution in [2.24, 2.45) is 0 Å². The van der Waals surface area contributed by atoms with Crippen molar-refractivity contribution in [3.8, 4) is 0 Å². The van der Waals surface area contributed by atoms with Crippen molar-refractivity contribution in [1.82, 2.24) is 15.6 Å². The van der Waals surface area contributed by atoms with E-state index in [0.29, 0.717) is 13.1 Å². The minimum Gasteiger partial charge on any atom is -0.376 e. The first-order valence-electron chi connectivity index (χ1n) is 6.78. The van der Waals surface area contributed by atoms with Crippen LogP contribution < -0.4 is 10.6 Å². The van der Waals surface area contributed by atoms with Gasteiger partial charge in [0.1, 0.15) is 6.42 Å². The molecule has 1 aromatic rings. The number of carbonyl (C=O) groups excluding carboxylic acids is 2. The van der Waals surface area contributed by atoms with E-state index in [4.69, 9.17) is 4.74 Å². The SMILES string of the molecule is O=C(CC(=O)NCC1CCCO1)NCc1ccncc1. The summed E-state index contributed by atoms with van der Waals surface area (Å²) in [5.74, 6) is -0.556. The maximum Gasteiger partial charge on any atom is 0.229 e. The highest BCUT2D eigenvalue weighted by molar-refractivity contribution is 5.96. The number of rotatable bonds is 6. The Bertz CT molecular complexity index is 444. The third kappa shape index (κ3) is 4.97. The molecular formula is C14H19N3O3. The van der Waals surface area contributed by atoms with E-state index in [1.807, 2.05) is 12.1 Å². The van der Waals surface area contributed by atoms with E-state index >= 15 is 0 Å². The fraction of sp³-hybridized carbons (Fsp3) is 0.500. The van der Waals surface area contributed by atoms with E-state index in [-0.39, 0.29) is 24.3 Å². The molecule has 0 bridgehead atoms. The summed E-state index contributed by atoms with van der Waals surface area (Å²) in [5.41, 5.74) is 0.952. The van der Waals surface area contributed by atoms with Gasteiger partial charge in [0.2, 0.25) is 11.8 Å². The molecule has 0 spiro atoms. The fourth-order valence-electron chi connectivity index (χ4n) is 2.01. The zero-order valence-electron chi connectivity index (χ0n) is 11.3. The average Bonchev–Trinajstić information content (AvgIpc) is 2.97. The lowest BCUT2D eigenvalue weighted by atomic mass is 10.2. The van der Waals surface area contributed by atoms with Gasteiger partial charge in [-0.05, 0) is 30.5 Å². The Morgan fingerprint density at radius 3 is 2.70 bits per heavy atom. The molecule has 0 radical (unpaired) electrons. The maximum atomic E-state index is 11.6. The van der Waals surface area contributed by atoms with Gasteiger partial charge in [0.05, 0.1) is 6.10 Å². The summed E-state index contributed by atoms with van der Waals surface area (Å²) in [5, 5.41) is 5.42. The van der Waals surface area contributed by atoms with Gasteiger partial charge >= 0.3 is 0 Å². The summed E-state index contributed by atoms with van der Waals surface area (Å²) in [4.78, 5) is 27.1. The Hall–Kier alpha value is -1.95. The minimum atomic E-state index is -0.286. The molecule has 1 aromatic heterocycles. The van der Waals surface area contributed by atoms with Crippen molar-refractivity contribution in [3.63, 3.8) is 0 Å². The van der Waals surface area contributed by atoms with Crippen LogP contribution in [0.15, 0.2) is 24.5 Å². The lowest BCUT2D eigenvalue weighted by molar-refractivity contribution is -0.129. The van der Waals surface area contributed by atoms with Crippen LogP contribution in [0.2, 0.25) is 0 Å². The van der Waals surface area contributed by atoms with Crippen LogP contribution in [0.25, 0.3) is 0 Å². The van der Waals surface area contributed by atoms with Gasteiger partial charge in [-0.25, -0.2) is 0 Å². The van der Waals surface area contributed by atoms with Gasteiger partial charge in [-0.1, -0.05) is 0 Å². The van der Waals surface area contributed by atoms with E-state index in [1.165, 1.54) is 0 Å². The maximum absolute atomic E-state index is 11.6. The molecule has 0 aromatic carbocycles. The van der Waals surface area contributed by atoms with Crippen LogP contribution in [0.5, 0.6) is 0 Å². The molecule has 20 heavy (non-hydrogen) atoms. The normalized spacial score (nSPS) is 17.7. The van der Waals surface area contributed by atoms with Crippen LogP contribution in [-0.2, 0) is 20.9 Å². The zero-order valence-corrected chi connectivity index (χ0v) is 11.3. The second-order valence-electron chi connectivity index (χ2n) is 4.75. The molecule has 2 N–H and O–H groups in total. The molecule has 0 saturated carbocycles. The lowest BCUT2D eigenvalue weighted by Gasteiger charge is -2.10. The molecule has 1 unspecified atom stereocenters. The van der Waals surface area contributed by atoms with Crippen LogP contribution in [-0.4, -0.2) is 36.1 Å². The predicted molar refractivity (Wildman–Crippen MR) is 72.7 cm³/mol. The van der Waals surface area contributed by atoms with Gasteiger partial charge in [-0.3, -0.25) is 14.6 Å². The number of aromatic nitrogens is 1. The number of hydrogen-bond acceptors (Lipinski definition) is 4. The summed E-state index contributed by atoms with van der Waals surface area (Å²) >= 11 is 0. The number of hydrogen-bond donors (Lipinski definition) is 2. The molecule has 108 valence electrons. The Kier molecular flexibility index (Phi) is 5.49. The van der Waals surface area contributed by atoms with Gasteiger partial charge in [-0.2, -0.15) is 0 Å². The Labute approximate surface area is 117 Å². The summed E-state index contributed by atoms with van der Waals surface area (Å²) in [6.07, 6.45) is 5.27. The molecule has 2 amide bonds. The molecule has 1 atom stereocenters. The molecular weight excluding hydrogens is 258 g/mol. The van der Waals surface area contributed by atoms with Gasteiger partial charge in [0.25, 0.3) is 0 Å². The van der Waals surface area contributed by atoms with Crippen molar-refractivity contribution < 1.29 is 14.3 Å². The Balaban J connectivity index is 1.62. The highest BCUT2D eigenvalue weighted by Crippen LogP contribution is 2.10. The highest BCUT2D eigenvalue weighted by atomic mass is 16.5. The third-order valence-electron chi connectivity index (χ3n) is 3.11. The molecule has 1 fully saturated rings. The molecule has 6 nitrogen and oxygen atoms in total. The first kappa shape index (κ1) is 14.5. The Morgan fingerprint density at radius 2 is 2.00 bits per heavy atom. The minimum absolute atomic E-state index is 0.0961. The highest BCUT2D eigenvalue weighted by Gasteiger charge is 2.17. The number of carbonyl (C=O) groups is 2. The second kappa shape index (κ2) is 7.59. The summed E-state index contributed by atoms with van der Waals surface area (Å²) < 4.78 is 5.39. The van der Waals surface area contributed by atoms with Crippen molar-refractivity contribution in [1.29, 1.82) is 0 Å². The van der Waals surface area contributed by atoms with Gasteiger partial charge < -0.3 is 15.4 Å². The van der Waals surface area contributed by atoms with Gasteiger partial charge in [0.15, 0.2) is 0 Å². The third-order valence-corrected chi connectivity index (χ3v) is 3.11. The number of pyridine rings is 1. The van der Waals surface area contributed by atoms with Crippen LogP contribution >= 0.6 is 0 Å². The van der Waals surface area contributed by atoms with Crippen molar-refractivity contribution in [2.45, 2.75) is 31.9 Å². The summed E-state index contributed by atoms with van der Waals surface area (Å²) in [7, 11) is 0. The smallest absolute Gasteiger partial charge is 0.229 e. The molecule has 1 aliphatic heterocycles. The summed E-state index contributed by atoms with van der Waals surface area (Å²) in [6, 6.07) is 3.63. The first-order valence-corrected chi connectivity index (χ1v) is 6.78. The molecule has 1 aliphatic rings. The second-order valence-corrected chi connectivity index (χ2v) is 4.75. The van der Waals surface area contributed by atoms with Crippen LogP contribution in [0.4, 0.5) is 0 Å². The first-order chi connectivity index (χ1) is 9.74. The van der Waals surface area contributed by atoms with Crippen LogP contribution in [0.3, 0.4) is 0 Å². The number of nitrogens with zero attached hydrogens (tertiary/aromatic N) is 1. The van der Waals surface area contributed by atoms with Crippen molar-refractivity contribution in [2.75, 3.05) is 13.2 Å². The topological polar surface area (TPSA) is 80.3 Å². The van der Waals surface area contributed by atoms with E-state index in [1.54, 1.807) is 12.4 Å². The molecule has 1 saturated heterocycles. The largest absolute Gasteiger partial charge is 0.376 e. The number of nitrogens with one attached hydrogen (secondary N) is 2. The van der Waals surface area contributed by atoms with Crippen LogP contribution in [0.1, 0.15) is 24.8 Å². The lowest BCUT2D eigenvalue weighted by Crippen LogP contribution is -2.35. The molecule has 6 heteroatoms. The van der Waals surface area contributed by atoms with E-state index < -0.39 is 0 Å². The average molecular weight is 277 g/mol. The van der Waals surface area contributed by atoms with E-state index in [2.05, 4.69) is 15.6 Å². The molecule has 2 rings (SSSR count). The van der Waals surface area contributed by atoms with Crippen molar-refractivity contribution in [3.05, 3.63) is 30.1 Å². The quantitative estimate of drug-likeness (QED) is 0.737. The standard InChI is InChI=1S/C14H19N3O3/c18-13(16-9-11-3-5-15-6-4-11)8-14(19)17-10-12-2-1-7-20-12/h3-6,12H,1-2,7-10H2,(H,16,18)(H,17,19). The zero-order chi connectivity index (χ0) is 14.2. The van der Waals surface area contributed by atoms with Gasteiger partial charge in [-0.15, -0.1) is 0 Å². The number of ether oxygens (including phenoxy) is 1. The number of amides is 2. The monoisotopic (exact) mass is 277 g/mol.